The van der Waals surface area contributed by atoms with Crippen LogP contribution in [0.25, 0.3) is 10.1 Å². The van der Waals surface area contributed by atoms with E-state index in [0.29, 0.717) is 17.0 Å². The summed E-state index contributed by atoms with van der Waals surface area (Å²) in [5.74, 6) is 0.355. The molecule has 3 rings (SSSR count). The largest absolute Gasteiger partial charge is 0.497 e. The molecule has 1 aromatic heterocycles. The minimum absolute atomic E-state index is 0.0423. The Kier molecular flexibility index (Phi) is 5.73. The molecule has 0 aliphatic heterocycles. The number of fused-ring (bicyclic) bond motifs is 1. The number of anilines is 1. The smallest absolute Gasteiger partial charge is 0.226 e. The number of amides is 1. The normalized spacial score (nSPS) is 12.7. The van der Waals surface area contributed by atoms with Crippen molar-refractivity contribution in [1.29, 1.82) is 0 Å². The van der Waals surface area contributed by atoms with Crippen molar-refractivity contribution in [3.8, 4) is 5.75 Å². The zero-order chi connectivity index (χ0) is 19.4. The molecule has 0 aliphatic carbocycles. The second-order valence-corrected chi connectivity index (χ2v) is 8.66. The Balaban J connectivity index is 1.76. The Labute approximate surface area is 161 Å². The van der Waals surface area contributed by atoms with Crippen LogP contribution < -0.4 is 14.8 Å². The molecule has 0 unspecified atom stereocenters. The Hall–Kier alpha value is -2.49. The van der Waals surface area contributed by atoms with E-state index in [1.807, 2.05) is 12.1 Å². The molecule has 0 saturated carbocycles. The Bertz CT molecular complexity index is 1050. The maximum Gasteiger partial charge on any atom is 0.226 e. The maximum atomic E-state index is 12.5. The SMILES string of the molecule is COc1ccc([C@@H](CC(=O)Nc2ccc3sncc3c2)NS(C)(=O)=O)cc1. The molecule has 27 heavy (non-hydrogen) atoms. The van der Waals surface area contributed by atoms with Crippen molar-refractivity contribution in [3.63, 3.8) is 0 Å². The predicted molar refractivity (Wildman–Crippen MR) is 107 cm³/mol. The molecule has 1 amide bonds. The fraction of sp³-hybridized carbons (Fsp3) is 0.222. The second-order valence-electron chi connectivity index (χ2n) is 6.05. The fourth-order valence-corrected chi connectivity index (χ4v) is 4.03. The highest BCUT2D eigenvalue weighted by Crippen LogP contribution is 2.24. The van der Waals surface area contributed by atoms with Crippen LogP contribution in [0.5, 0.6) is 5.75 Å². The van der Waals surface area contributed by atoms with Crippen molar-refractivity contribution >= 4 is 43.2 Å². The summed E-state index contributed by atoms with van der Waals surface area (Å²) in [5.41, 5.74) is 1.31. The summed E-state index contributed by atoms with van der Waals surface area (Å²) in [5, 5.41) is 3.75. The summed E-state index contributed by atoms with van der Waals surface area (Å²) in [4.78, 5) is 12.5. The highest BCUT2D eigenvalue weighted by molar-refractivity contribution is 7.88. The summed E-state index contributed by atoms with van der Waals surface area (Å²) in [6.07, 6.45) is 2.76. The predicted octanol–water partition coefficient (Wildman–Crippen LogP) is 2.92. The van der Waals surface area contributed by atoms with Gasteiger partial charge in [-0.3, -0.25) is 4.79 Å². The minimum Gasteiger partial charge on any atom is -0.497 e. The lowest BCUT2D eigenvalue weighted by Crippen LogP contribution is -2.30. The molecule has 1 heterocycles. The molecule has 0 fully saturated rings. The molecule has 0 bridgehead atoms. The molecular formula is C18H19N3O4S2. The standard InChI is InChI=1S/C18H19N3O4S2/c1-25-15-6-3-12(4-7-15)16(21-27(2,23)24)10-18(22)20-14-5-8-17-13(9-14)11-19-26-17/h3-9,11,16,21H,10H2,1-2H3,(H,20,22)/t16-/m1/s1. The van der Waals surface area contributed by atoms with E-state index in [4.69, 9.17) is 4.74 Å². The van der Waals surface area contributed by atoms with E-state index in [0.717, 1.165) is 16.3 Å². The van der Waals surface area contributed by atoms with Gasteiger partial charge in [0, 0.05) is 23.7 Å². The van der Waals surface area contributed by atoms with Gasteiger partial charge in [-0.2, -0.15) is 4.37 Å². The third-order valence-corrected chi connectivity index (χ3v) is 5.39. The number of methoxy groups -OCH3 is 1. The highest BCUT2D eigenvalue weighted by atomic mass is 32.2. The lowest BCUT2D eigenvalue weighted by molar-refractivity contribution is -0.116. The first-order chi connectivity index (χ1) is 12.8. The van der Waals surface area contributed by atoms with Crippen molar-refractivity contribution in [1.82, 2.24) is 9.10 Å². The Morgan fingerprint density at radius 3 is 2.63 bits per heavy atom. The van der Waals surface area contributed by atoms with Crippen LogP contribution in [0.2, 0.25) is 0 Å². The average molecular weight is 406 g/mol. The molecule has 9 heteroatoms. The molecule has 7 nitrogen and oxygen atoms in total. The number of carbonyl (C=O) groups is 1. The maximum absolute atomic E-state index is 12.5. The minimum atomic E-state index is -3.50. The first-order valence-corrected chi connectivity index (χ1v) is 10.8. The van der Waals surface area contributed by atoms with E-state index in [9.17, 15) is 13.2 Å². The van der Waals surface area contributed by atoms with E-state index < -0.39 is 16.1 Å². The van der Waals surface area contributed by atoms with E-state index in [-0.39, 0.29) is 12.3 Å². The van der Waals surface area contributed by atoms with Crippen molar-refractivity contribution in [2.45, 2.75) is 12.5 Å². The number of carbonyl (C=O) groups excluding carboxylic acids is 1. The van der Waals surface area contributed by atoms with Gasteiger partial charge in [0.1, 0.15) is 5.75 Å². The van der Waals surface area contributed by atoms with Gasteiger partial charge in [-0.15, -0.1) is 0 Å². The molecule has 2 N–H and O–H groups in total. The number of hydrogen-bond donors (Lipinski definition) is 2. The molecule has 0 saturated heterocycles. The van der Waals surface area contributed by atoms with E-state index in [1.165, 1.54) is 11.5 Å². The van der Waals surface area contributed by atoms with Crippen molar-refractivity contribution in [3.05, 3.63) is 54.2 Å². The first kappa shape index (κ1) is 19.3. The molecule has 0 aliphatic rings. The van der Waals surface area contributed by atoms with Gasteiger partial charge < -0.3 is 10.1 Å². The summed E-state index contributed by atoms with van der Waals surface area (Å²) in [7, 11) is -1.94. The summed E-state index contributed by atoms with van der Waals surface area (Å²) in [6.45, 7) is 0. The van der Waals surface area contributed by atoms with Crippen LogP contribution in [0.3, 0.4) is 0 Å². The van der Waals surface area contributed by atoms with Gasteiger partial charge in [0.05, 0.1) is 24.1 Å². The van der Waals surface area contributed by atoms with Crippen molar-refractivity contribution in [2.24, 2.45) is 0 Å². The monoisotopic (exact) mass is 405 g/mol. The van der Waals surface area contributed by atoms with E-state index >= 15 is 0 Å². The zero-order valence-corrected chi connectivity index (χ0v) is 16.4. The number of hydrogen-bond acceptors (Lipinski definition) is 6. The van der Waals surface area contributed by atoms with Gasteiger partial charge in [-0.1, -0.05) is 12.1 Å². The number of sulfonamides is 1. The van der Waals surface area contributed by atoms with Gasteiger partial charge >= 0.3 is 0 Å². The second kappa shape index (κ2) is 8.03. The number of benzene rings is 2. The number of nitrogens with zero attached hydrogens (tertiary/aromatic N) is 1. The number of rotatable bonds is 7. The summed E-state index contributed by atoms with van der Waals surface area (Å²) in [6, 6.07) is 11.8. The number of ether oxygens (including phenoxy) is 1. The summed E-state index contributed by atoms with van der Waals surface area (Å²) >= 11 is 1.38. The molecule has 142 valence electrons. The van der Waals surface area contributed by atoms with Gasteiger partial charge in [0.2, 0.25) is 15.9 Å². The summed E-state index contributed by atoms with van der Waals surface area (Å²) < 4.78 is 36.2. The van der Waals surface area contributed by atoms with Crippen LogP contribution in [-0.4, -0.2) is 32.1 Å². The van der Waals surface area contributed by atoms with Crippen LogP contribution >= 0.6 is 11.5 Å². The molecule has 2 aromatic carbocycles. The Morgan fingerprint density at radius 2 is 1.96 bits per heavy atom. The number of nitrogens with one attached hydrogen (secondary N) is 2. The van der Waals surface area contributed by atoms with E-state index in [1.54, 1.807) is 43.6 Å². The average Bonchev–Trinajstić information content (AvgIpc) is 3.08. The first-order valence-electron chi connectivity index (χ1n) is 8.09. The van der Waals surface area contributed by atoms with Crippen LogP contribution in [0.1, 0.15) is 18.0 Å². The van der Waals surface area contributed by atoms with Gasteiger partial charge in [0.25, 0.3) is 0 Å². The van der Waals surface area contributed by atoms with Crippen molar-refractivity contribution in [2.75, 3.05) is 18.7 Å². The van der Waals surface area contributed by atoms with Gasteiger partial charge in [-0.25, -0.2) is 13.1 Å². The molecule has 3 aromatic rings. The van der Waals surface area contributed by atoms with Crippen molar-refractivity contribution < 1.29 is 17.9 Å². The van der Waals surface area contributed by atoms with Crippen LogP contribution in [0, 0.1) is 0 Å². The number of aromatic nitrogens is 1. The highest BCUT2D eigenvalue weighted by Gasteiger charge is 2.20. The lowest BCUT2D eigenvalue weighted by atomic mass is 10.0. The Morgan fingerprint density at radius 1 is 1.22 bits per heavy atom. The molecule has 1 atom stereocenters. The topological polar surface area (TPSA) is 97.4 Å². The van der Waals surface area contributed by atoms with E-state index in [2.05, 4.69) is 14.4 Å². The van der Waals surface area contributed by atoms with Crippen LogP contribution in [0.15, 0.2) is 48.7 Å². The molecule has 0 radical (unpaired) electrons. The quantitative estimate of drug-likeness (QED) is 0.630. The third kappa shape index (κ3) is 5.25. The van der Waals surface area contributed by atoms with Gasteiger partial charge in [0.15, 0.2) is 0 Å². The third-order valence-electron chi connectivity index (χ3n) is 3.90. The zero-order valence-electron chi connectivity index (χ0n) is 14.8. The molecule has 0 spiro atoms. The fourth-order valence-electron chi connectivity index (χ4n) is 2.67. The molecular weight excluding hydrogens is 386 g/mol. The lowest BCUT2D eigenvalue weighted by Gasteiger charge is -2.18. The van der Waals surface area contributed by atoms with Gasteiger partial charge in [-0.05, 0) is 47.4 Å². The van der Waals surface area contributed by atoms with Crippen LogP contribution in [-0.2, 0) is 14.8 Å². The van der Waals surface area contributed by atoms with Crippen LogP contribution in [0.4, 0.5) is 5.69 Å².